The SMILES string of the molecule is OCn1ccc2c(OC3CCCN(Cc4ccccc4)C3)ncnc21. The van der Waals surface area contributed by atoms with Gasteiger partial charge in [-0.15, -0.1) is 0 Å². The Kier molecular flexibility index (Phi) is 4.63. The summed E-state index contributed by atoms with van der Waals surface area (Å²) in [6, 6.07) is 12.4. The van der Waals surface area contributed by atoms with Gasteiger partial charge in [-0.05, 0) is 31.0 Å². The second kappa shape index (κ2) is 7.21. The molecule has 1 atom stereocenters. The maximum atomic E-state index is 9.37. The van der Waals surface area contributed by atoms with Gasteiger partial charge in [-0.2, -0.15) is 0 Å². The van der Waals surface area contributed by atoms with Crippen molar-refractivity contribution >= 4 is 11.0 Å². The first-order valence-corrected chi connectivity index (χ1v) is 8.67. The van der Waals surface area contributed by atoms with Gasteiger partial charge >= 0.3 is 0 Å². The molecule has 0 saturated carbocycles. The lowest BCUT2D eigenvalue weighted by Gasteiger charge is -2.32. The molecule has 0 bridgehead atoms. The Labute approximate surface area is 146 Å². The maximum Gasteiger partial charge on any atom is 0.226 e. The van der Waals surface area contributed by atoms with Crippen molar-refractivity contribution in [2.75, 3.05) is 13.1 Å². The van der Waals surface area contributed by atoms with Crippen LogP contribution >= 0.6 is 0 Å². The van der Waals surface area contributed by atoms with E-state index in [1.165, 1.54) is 11.9 Å². The van der Waals surface area contributed by atoms with Crippen LogP contribution in [0.1, 0.15) is 18.4 Å². The number of aromatic nitrogens is 3. The number of benzene rings is 1. The highest BCUT2D eigenvalue weighted by molar-refractivity contribution is 5.81. The molecular formula is C19H22N4O2. The first-order chi connectivity index (χ1) is 12.3. The highest BCUT2D eigenvalue weighted by Crippen LogP contribution is 2.25. The summed E-state index contributed by atoms with van der Waals surface area (Å²) in [5, 5.41) is 10.2. The molecule has 1 saturated heterocycles. The molecule has 0 spiro atoms. The predicted octanol–water partition coefficient (Wildman–Crippen LogP) is 2.42. The Morgan fingerprint density at radius 3 is 2.88 bits per heavy atom. The number of fused-ring (bicyclic) bond motifs is 1. The van der Waals surface area contributed by atoms with Crippen LogP contribution in [0.3, 0.4) is 0 Å². The Morgan fingerprint density at radius 1 is 1.16 bits per heavy atom. The number of aliphatic hydroxyl groups excluding tert-OH is 1. The topological polar surface area (TPSA) is 63.4 Å². The molecule has 3 heterocycles. The van der Waals surface area contributed by atoms with Crippen molar-refractivity contribution in [3.05, 3.63) is 54.5 Å². The van der Waals surface area contributed by atoms with Gasteiger partial charge in [0.15, 0.2) is 0 Å². The number of nitrogens with zero attached hydrogens (tertiary/aromatic N) is 4. The van der Waals surface area contributed by atoms with E-state index in [9.17, 15) is 5.11 Å². The number of rotatable bonds is 5. The zero-order valence-corrected chi connectivity index (χ0v) is 14.1. The third-order valence-corrected chi connectivity index (χ3v) is 4.66. The van der Waals surface area contributed by atoms with E-state index in [1.54, 1.807) is 10.8 Å². The van der Waals surface area contributed by atoms with Crippen molar-refractivity contribution in [1.82, 2.24) is 19.4 Å². The van der Waals surface area contributed by atoms with E-state index in [0.717, 1.165) is 37.9 Å². The second-order valence-electron chi connectivity index (χ2n) is 6.45. The molecule has 6 heteroatoms. The first kappa shape index (κ1) is 16.1. The fraction of sp³-hybridized carbons (Fsp3) is 0.368. The molecule has 3 aromatic rings. The number of hydrogen-bond acceptors (Lipinski definition) is 5. The normalized spacial score (nSPS) is 18.5. The van der Waals surface area contributed by atoms with Gasteiger partial charge in [0.2, 0.25) is 5.88 Å². The minimum absolute atomic E-state index is 0.103. The Morgan fingerprint density at radius 2 is 2.04 bits per heavy atom. The second-order valence-corrected chi connectivity index (χ2v) is 6.45. The third kappa shape index (κ3) is 3.50. The summed E-state index contributed by atoms with van der Waals surface area (Å²) in [4.78, 5) is 11.0. The largest absolute Gasteiger partial charge is 0.472 e. The molecule has 0 aliphatic carbocycles. The average Bonchev–Trinajstić information content (AvgIpc) is 3.07. The van der Waals surface area contributed by atoms with E-state index < -0.39 is 0 Å². The summed E-state index contributed by atoms with van der Waals surface area (Å²) < 4.78 is 7.88. The summed E-state index contributed by atoms with van der Waals surface area (Å²) in [6.45, 7) is 2.82. The summed E-state index contributed by atoms with van der Waals surface area (Å²) in [5.74, 6) is 0.601. The van der Waals surface area contributed by atoms with Crippen LogP contribution in [0.5, 0.6) is 5.88 Å². The Balaban J connectivity index is 1.46. The summed E-state index contributed by atoms with van der Waals surface area (Å²) in [5.41, 5.74) is 2.03. The van der Waals surface area contributed by atoms with Crippen LogP contribution in [0, 0.1) is 0 Å². The van der Waals surface area contributed by atoms with Crippen molar-refractivity contribution in [3.63, 3.8) is 0 Å². The van der Waals surface area contributed by atoms with E-state index >= 15 is 0 Å². The monoisotopic (exact) mass is 338 g/mol. The zero-order valence-electron chi connectivity index (χ0n) is 14.1. The van der Waals surface area contributed by atoms with Gasteiger partial charge < -0.3 is 14.4 Å². The van der Waals surface area contributed by atoms with Crippen molar-refractivity contribution in [1.29, 1.82) is 0 Å². The molecule has 1 aliphatic rings. The van der Waals surface area contributed by atoms with Crippen LogP contribution in [0.4, 0.5) is 0 Å². The molecule has 1 N–H and O–H groups in total. The van der Waals surface area contributed by atoms with Crippen LogP contribution in [-0.4, -0.2) is 43.7 Å². The lowest BCUT2D eigenvalue weighted by Crippen LogP contribution is -2.40. The number of aliphatic hydroxyl groups is 1. The lowest BCUT2D eigenvalue weighted by atomic mass is 10.1. The fourth-order valence-corrected chi connectivity index (χ4v) is 3.44. The quantitative estimate of drug-likeness (QED) is 0.774. The van der Waals surface area contributed by atoms with Gasteiger partial charge in [-0.1, -0.05) is 30.3 Å². The number of ether oxygens (including phenoxy) is 1. The van der Waals surface area contributed by atoms with Gasteiger partial charge in [0.1, 0.15) is 24.8 Å². The van der Waals surface area contributed by atoms with E-state index in [4.69, 9.17) is 4.74 Å². The average molecular weight is 338 g/mol. The molecule has 1 fully saturated rings. The van der Waals surface area contributed by atoms with Gasteiger partial charge in [0.05, 0.1) is 5.39 Å². The first-order valence-electron chi connectivity index (χ1n) is 8.67. The van der Waals surface area contributed by atoms with Crippen LogP contribution < -0.4 is 4.74 Å². The summed E-state index contributed by atoms with van der Waals surface area (Å²) in [7, 11) is 0. The highest BCUT2D eigenvalue weighted by Gasteiger charge is 2.23. The zero-order chi connectivity index (χ0) is 17.1. The van der Waals surface area contributed by atoms with Gasteiger partial charge in [0.25, 0.3) is 0 Å². The van der Waals surface area contributed by atoms with Crippen molar-refractivity contribution in [2.24, 2.45) is 0 Å². The molecule has 1 aromatic carbocycles. The molecule has 1 aliphatic heterocycles. The molecule has 0 amide bonds. The molecular weight excluding hydrogens is 316 g/mol. The van der Waals surface area contributed by atoms with Crippen LogP contribution in [-0.2, 0) is 13.3 Å². The summed E-state index contributed by atoms with van der Waals surface area (Å²) in [6.07, 6.45) is 5.55. The lowest BCUT2D eigenvalue weighted by molar-refractivity contribution is 0.0820. The molecule has 130 valence electrons. The molecule has 4 rings (SSSR count). The fourth-order valence-electron chi connectivity index (χ4n) is 3.44. The third-order valence-electron chi connectivity index (χ3n) is 4.66. The van der Waals surface area contributed by atoms with Crippen LogP contribution in [0.15, 0.2) is 48.9 Å². The van der Waals surface area contributed by atoms with Gasteiger partial charge in [-0.25, -0.2) is 9.97 Å². The van der Waals surface area contributed by atoms with E-state index in [2.05, 4.69) is 39.1 Å². The van der Waals surface area contributed by atoms with Crippen molar-refractivity contribution < 1.29 is 9.84 Å². The molecule has 2 aromatic heterocycles. The van der Waals surface area contributed by atoms with Gasteiger partial charge in [0, 0.05) is 19.3 Å². The molecule has 1 unspecified atom stereocenters. The van der Waals surface area contributed by atoms with Crippen molar-refractivity contribution in [3.8, 4) is 5.88 Å². The number of hydrogen-bond donors (Lipinski definition) is 1. The predicted molar refractivity (Wildman–Crippen MR) is 95.1 cm³/mol. The van der Waals surface area contributed by atoms with Crippen LogP contribution in [0.2, 0.25) is 0 Å². The van der Waals surface area contributed by atoms with E-state index in [0.29, 0.717) is 11.5 Å². The van der Waals surface area contributed by atoms with Crippen molar-refractivity contribution in [2.45, 2.75) is 32.2 Å². The Hall–Kier alpha value is -2.44. The molecule has 0 radical (unpaired) electrons. The smallest absolute Gasteiger partial charge is 0.226 e. The maximum absolute atomic E-state index is 9.37. The van der Waals surface area contributed by atoms with E-state index in [-0.39, 0.29) is 12.8 Å². The highest BCUT2D eigenvalue weighted by atomic mass is 16.5. The number of piperidine rings is 1. The standard InChI is InChI=1S/C19H22N4O2/c24-14-23-10-8-17-18(23)20-13-21-19(17)25-16-7-4-9-22(12-16)11-15-5-2-1-3-6-15/h1-3,5-6,8,10,13,16,24H,4,7,9,11-12,14H2. The molecule has 6 nitrogen and oxygen atoms in total. The van der Waals surface area contributed by atoms with E-state index in [1.807, 2.05) is 12.1 Å². The van der Waals surface area contributed by atoms with Gasteiger partial charge in [-0.3, -0.25) is 4.90 Å². The summed E-state index contributed by atoms with van der Waals surface area (Å²) >= 11 is 0. The van der Waals surface area contributed by atoms with Crippen LogP contribution in [0.25, 0.3) is 11.0 Å². The minimum Gasteiger partial charge on any atom is -0.472 e. The minimum atomic E-state index is -0.103. The Bertz CT molecular complexity index is 834. The molecule has 25 heavy (non-hydrogen) atoms. The number of likely N-dealkylation sites (tertiary alicyclic amines) is 1.